The number of benzene rings is 4. The van der Waals surface area contributed by atoms with E-state index in [9.17, 15) is 9.59 Å². The maximum absolute atomic E-state index is 14.3. The second-order valence-electron chi connectivity index (χ2n) is 15.7. The Bertz CT molecular complexity index is 2580. The number of carbonyl (C=O) groups excluding carboxylic acids is 2. The number of pyridine rings is 1. The topological polar surface area (TPSA) is 125 Å². The third kappa shape index (κ3) is 9.33. The number of aryl methyl sites for hydroxylation is 2. The standard InChI is InChI=1S/C48H46Cl2N4O7/c1-27(2)47-53-45(30(5)59-47)48(56)54-24-35-23-43-42(58-26-44(61-43)33-9-13-36(14-10-33)57-25-32-8-15-38(49)39(50)20-32)22-34(35)21-40(54)46(55)52-18-16-31-6-11-37(12-7-31)60-41-17-19-51-29(4)28(41)3/h6-15,17,19-20,22-23,27,40,44H,16,18,21,24-26H2,1-5H3,(H,52,55). The molecule has 0 bridgehead atoms. The molecular formula is C48H46Cl2N4O7. The number of nitrogens with zero attached hydrogens (tertiary/aromatic N) is 3. The summed E-state index contributed by atoms with van der Waals surface area (Å²) in [6.45, 7) is 10.7. The summed E-state index contributed by atoms with van der Waals surface area (Å²) in [4.78, 5) is 38.8. The van der Waals surface area contributed by atoms with Crippen molar-refractivity contribution in [2.45, 2.75) is 78.7 Å². The van der Waals surface area contributed by atoms with E-state index in [4.69, 9.17) is 46.6 Å². The third-order valence-corrected chi connectivity index (χ3v) is 11.8. The summed E-state index contributed by atoms with van der Waals surface area (Å²) in [5.41, 5.74) is 6.73. The van der Waals surface area contributed by atoms with Crippen LogP contribution in [0.5, 0.6) is 28.7 Å². The Morgan fingerprint density at radius 1 is 0.885 bits per heavy atom. The minimum Gasteiger partial charge on any atom is -0.489 e. The van der Waals surface area contributed by atoms with Crippen LogP contribution in [0.1, 0.15) is 87.1 Å². The Kier molecular flexibility index (Phi) is 12.2. The molecule has 2 aliphatic heterocycles. The van der Waals surface area contributed by atoms with E-state index in [1.807, 2.05) is 100 Å². The molecule has 2 aromatic heterocycles. The number of halogens is 2. The second kappa shape index (κ2) is 17.9. The number of fused-ring (bicyclic) bond motifs is 2. The lowest BCUT2D eigenvalue weighted by atomic mass is 9.92. The number of nitrogens with one attached hydrogen (secondary N) is 1. The molecule has 4 aromatic carbocycles. The van der Waals surface area contributed by atoms with E-state index in [2.05, 4.69) is 15.3 Å². The molecule has 6 aromatic rings. The second-order valence-corrected chi connectivity index (χ2v) is 16.5. The number of hydrogen-bond donors (Lipinski definition) is 1. The molecule has 2 aliphatic rings. The van der Waals surface area contributed by atoms with E-state index >= 15 is 0 Å². The first-order valence-corrected chi connectivity index (χ1v) is 21.0. The molecule has 0 radical (unpaired) electrons. The highest BCUT2D eigenvalue weighted by Crippen LogP contribution is 2.41. The number of carbonyl (C=O) groups is 2. The van der Waals surface area contributed by atoms with Crippen LogP contribution in [0, 0.1) is 20.8 Å². The van der Waals surface area contributed by atoms with Crippen LogP contribution in [0.3, 0.4) is 0 Å². The Morgan fingerprint density at radius 2 is 1.62 bits per heavy atom. The van der Waals surface area contributed by atoms with Gasteiger partial charge in [0.25, 0.3) is 5.91 Å². The van der Waals surface area contributed by atoms with Gasteiger partial charge in [0, 0.05) is 42.9 Å². The first-order chi connectivity index (χ1) is 29.4. The first-order valence-electron chi connectivity index (χ1n) is 20.3. The van der Waals surface area contributed by atoms with Gasteiger partial charge in [0.2, 0.25) is 5.91 Å². The molecule has 11 nitrogen and oxygen atoms in total. The number of ether oxygens (including phenoxy) is 4. The highest BCUT2D eigenvalue weighted by molar-refractivity contribution is 6.42. The lowest BCUT2D eigenvalue weighted by Crippen LogP contribution is -2.53. The first kappa shape index (κ1) is 41.7. The average molecular weight is 862 g/mol. The van der Waals surface area contributed by atoms with Crippen LogP contribution in [0.4, 0.5) is 0 Å². The van der Waals surface area contributed by atoms with E-state index in [0.29, 0.717) is 70.9 Å². The number of aromatic nitrogens is 2. The van der Waals surface area contributed by atoms with Gasteiger partial charge in [0.15, 0.2) is 29.2 Å². The molecule has 8 rings (SSSR count). The molecule has 61 heavy (non-hydrogen) atoms. The molecule has 2 unspecified atom stereocenters. The van der Waals surface area contributed by atoms with Gasteiger partial charge in [-0.2, -0.15) is 0 Å². The van der Waals surface area contributed by atoms with Crippen LogP contribution >= 0.6 is 23.2 Å². The fourth-order valence-electron chi connectivity index (χ4n) is 7.36. The van der Waals surface area contributed by atoms with Gasteiger partial charge in [0.1, 0.15) is 42.3 Å². The zero-order valence-electron chi connectivity index (χ0n) is 34.6. The van der Waals surface area contributed by atoms with Gasteiger partial charge in [-0.3, -0.25) is 14.6 Å². The zero-order chi connectivity index (χ0) is 42.8. The van der Waals surface area contributed by atoms with Gasteiger partial charge in [-0.05, 0) is 110 Å². The molecule has 1 N–H and O–H groups in total. The lowest BCUT2D eigenvalue weighted by Gasteiger charge is -2.37. The predicted octanol–water partition coefficient (Wildman–Crippen LogP) is 10.2. The van der Waals surface area contributed by atoms with E-state index in [1.54, 1.807) is 30.2 Å². The van der Waals surface area contributed by atoms with Crippen molar-refractivity contribution in [2.75, 3.05) is 13.2 Å². The van der Waals surface area contributed by atoms with Crippen LogP contribution in [0.15, 0.2) is 95.5 Å². The van der Waals surface area contributed by atoms with Gasteiger partial charge >= 0.3 is 0 Å². The third-order valence-electron chi connectivity index (χ3n) is 11.0. The highest BCUT2D eigenvalue weighted by atomic mass is 35.5. The number of rotatable bonds is 12. The van der Waals surface area contributed by atoms with E-state index in [1.165, 1.54) is 0 Å². The summed E-state index contributed by atoms with van der Waals surface area (Å²) in [7, 11) is 0. The molecule has 2 amide bonds. The Morgan fingerprint density at radius 3 is 2.36 bits per heavy atom. The maximum Gasteiger partial charge on any atom is 0.277 e. The zero-order valence-corrected chi connectivity index (χ0v) is 36.1. The molecule has 0 fully saturated rings. The summed E-state index contributed by atoms with van der Waals surface area (Å²) in [5, 5.41) is 4.07. The molecule has 0 saturated carbocycles. The number of amides is 2. The summed E-state index contributed by atoms with van der Waals surface area (Å²) in [5.74, 6) is 3.56. The van der Waals surface area contributed by atoms with E-state index in [-0.39, 0.29) is 42.5 Å². The van der Waals surface area contributed by atoms with Gasteiger partial charge in [-0.25, -0.2) is 4.98 Å². The molecule has 2 atom stereocenters. The molecular weight excluding hydrogens is 815 g/mol. The fraction of sp³-hybridized carbons (Fsp3) is 0.292. The van der Waals surface area contributed by atoms with Gasteiger partial charge < -0.3 is 33.6 Å². The van der Waals surface area contributed by atoms with Crippen molar-refractivity contribution in [1.82, 2.24) is 20.2 Å². The van der Waals surface area contributed by atoms with Crippen molar-refractivity contribution in [1.29, 1.82) is 0 Å². The largest absolute Gasteiger partial charge is 0.489 e. The van der Waals surface area contributed by atoms with Crippen LogP contribution in [0.25, 0.3) is 0 Å². The van der Waals surface area contributed by atoms with E-state index < -0.39 is 6.04 Å². The summed E-state index contributed by atoms with van der Waals surface area (Å²) in [6, 6.07) is 25.8. The van der Waals surface area contributed by atoms with E-state index in [0.717, 1.165) is 44.8 Å². The summed E-state index contributed by atoms with van der Waals surface area (Å²) < 4.78 is 30.7. The van der Waals surface area contributed by atoms with Crippen LogP contribution < -0.4 is 24.3 Å². The van der Waals surface area contributed by atoms with Gasteiger partial charge in [-0.15, -0.1) is 0 Å². The minimum atomic E-state index is -0.797. The van der Waals surface area contributed by atoms with Crippen LogP contribution in [-0.4, -0.2) is 45.9 Å². The molecule has 13 heteroatoms. The van der Waals surface area contributed by atoms with Gasteiger partial charge in [-0.1, -0.05) is 67.4 Å². The lowest BCUT2D eigenvalue weighted by molar-refractivity contribution is -0.126. The quantitative estimate of drug-likeness (QED) is 0.128. The Hall–Kier alpha value is -6.04. The van der Waals surface area contributed by atoms with Crippen molar-refractivity contribution in [3.63, 3.8) is 0 Å². The molecule has 0 saturated heterocycles. The summed E-state index contributed by atoms with van der Waals surface area (Å²) >= 11 is 12.2. The summed E-state index contributed by atoms with van der Waals surface area (Å²) in [6.07, 6.45) is 2.23. The number of oxazole rings is 1. The van der Waals surface area contributed by atoms with Crippen LogP contribution in [0.2, 0.25) is 10.0 Å². The number of hydrogen-bond acceptors (Lipinski definition) is 9. The predicted molar refractivity (Wildman–Crippen MR) is 232 cm³/mol. The van der Waals surface area contributed by atoms with Gasteiger partial charge in [0.05, 0.1) is 10.0 Å². The molecule has 314 valence electrons. The van der Waals surface area contributed by atoms with Crippen LogP contribution in [-0.2, 0) is 30.8 Å². The van der Waals surface area contributed by atoms with Crippen molar-refractivity contribution in [3.05, 3.63) is 158 Å². The smallest absolute Gasteiger partial charge is 0.277 e. The molecule has 4 heterocycles. The Balaban J connectivity index is 0.953. The maximum atomic E-state index is 14.3. The van der Waals surface area contributed by atoms with Crippen molar-refractivity contribution < 1.29 is 33.0 Å². The van der Waals surface area contributed by atoms with Crippen molar-refractivity contribution >= 4 is 35.0 Å². The fourth-order valence-corrected chi connectivity index (χ4v) is 7.68. The SMILES string of the molecule is Cc1nccc(Oc2ccc(CCNC(=O)C3Cc4cc5c(cc4CN3C(=O)c3nc(C(C)C)oc3C)OC(c3ccc(OCc4ccc(Cl)c(Cl)c4)cc3)CO5)cc2)c1C. The normalized spacial score (nSPS) is 15.6. The highest BCUT2D eigenvalue weighted by Gasteiger charge is 2.38. The molecule has 0 aliphatic carbocycles. The molecule has 0 spiro atoms. The average Bonchev–Trinajstić information content (AvgIpc) is 3.66. The van der Waals surface area contributed by atoms with Crippen molar-refractivity contribution in [2.24, 2.45) is 0 Å². The minimum absolute atomic E-state index is 0.0136. The Labute approximate surface area is 364 Å². The van der Waals surface area contributed by atoms with Crippen molar-refractivity contribution in [3.8, 4) is 28.7 Å². The monoisotopic (exact) mass is 860 g/mol.